The topological polar surface area (TPSA) is 50.3 Å². The van der Waals surface area contributed by atoms with Crippen LogP contribution in [0.1, 0.15) is 22.3 Å². The van der Waals surface area contributed by atoms with Crippen LogP contribution in [-0.2, 0) is 18.0 Å². The number of rotatable bonds is 6. The lowest BCUT2D eigenvalue weighted by Gasteiger charge is -2.05. The summed E-state index contributed by atoms with van der Waals surface area (Å²) in [5, 5.41) is 14.3. The maximum atomic E-state index is 13.2. The van der Waals surface area contributed by atoms with Crippen molar-refractivity contribution in [2.75, 3.05) is 0 Å². The first-order valence-corrected chi connectivity index (χ1v) is 9.20. The molecule has 0 radical (unpaired) electrons. The van der Waals surface area contributed by atoms with Gasteiger partial charge in [0.2, 0.25) is 0 Å². The second-order valence-corrected chi connectivity index (χ2v) is 6.63. The number of fused-ring (bicyclic) bond motifs is 1. The first-order chi connectivity index (χ1) is 14.2. The number of oxime groups is 1. The van der Waals surface area contributed by atoms with Gasteiger partial charge in [-0.05, 0) is 29.8 Å². The van der Waals surface area contributed by atoms with E-state index in [-0.39, 0.29) is 12.4 Å². The lowest BCUT2D eigenvalue weighted by Crippen LogP contribution is -1.97. The van der Waals surface area contributed by atoms with E-state index < -0.39 is 0 Å². The van der Waals surface area contributed by atoms with E-state index in [1.54, 1.807) is 24.4 Å². The fourth-order valence-electron chi connectivity index (χ4n) is 3.25. The Kier molecular flexibility index (Phi) is 5.35. The summed E-state index contributed by atoms with van der Waals surface area (Å²) in [5.41, 5.74) is 4.38. The van der Waals surface area contributed by atoms with Crippen molar-refractivity contribution in [3.63, 3.8) is 0 Å². The minimum atomic E-state index is -0.242. The van der Waals surface area contributed by atoms with Gasteiger partial charge < -0.3 is 9.40 Å². The third-order valence-corrected chi connectivity index (χ3v) is 4.71. The quantitative estimate of drug-likeness (QED) is 0.337. The molecular formula is C24H18FN3O. The number of halogens is 1. The number of aromatic nitrogens is 1. The lowest BCUT2D eigenvalue weighted by molar-refractivity contribution is 0.132. The van der Waals surface area contributed by atoms with Crippen molar-refractivity contribution in [2.45, 2.75) is 13.2 Å². The maximum absolute atomic E-state index is 13.2. The van der Waals surface area contributed by atoms with Crippen LogP contribution in [0, 0.1) is 17.1 Å². The van der Waals surface area contributed by atoms with Crippen molar-refractivity contribution in [1.29, 1.82) is 5.26 Å². The van der Waals surface area contributed by atoms with Gasteiger partial charge in [-0.3, -0.25) is 0 Å². The summed E-state index contributed by atoms with van der Waals surface area (Å²) < 4.78 is 15.3. The van der Waals surface area contributed by atoms with Gasteiger partial charge in [-0.25, -0.2) is 4.39 Å². The van der Waals surface area contributed by atoms with Gasteiger partial charge in [-0.15, -0.1) is 0 Å². The van der Waals surface area contributed by atoms with Gasteiger partial charge in [0.25, 0.3) is 0 Å². The van der Waals surface area contributed by atoms with Crippen LogP contribution in [0.2, 0.25) is 0 Å². The second-order valence-electron chi connectivity index (χ2n) is 6.63. The van der Waals surface area contributed by atoms with Crippen molar-refractivity contribution in [1.82, 2.24) is 4.57 Å². The van der Waals surface area contributed by atoms with Crippen molar-refractivity contribution < 1.29 is 9.23 Å². The summed E-state index contributed by atoms with van der Waals surface area (Å²) in [6, 6.07) is 24.0. The molecule has 29 heavy (non-hydrogen) atoms. The normalized spacial score (nSPS) is 11.0. The van der Waals surface area contributed by atoms with E-state index in [1.807, 2.05) is 48.7 Å². The Balaban J connectivity index is 1.54. The second kappa shape index (κ2) is 8.41. The number of hydrogen-bond acceptors (Lipinski definition) is 3. The highest BCUT2D eigenvalue weighted by atomic mass is 19.1. The summed E-state index contributed by atoms with van der Waals surface area (Å²) in [4.78, 5) is 5.42. The van der Waals surface area contributed by atoms with Crippen LogP contribution in [0.5, 0.6) is 0 Å². The van der Waals surface area contributed by atoms with Gasteiger partial charge in [0, 0.05) is 34.8 Å². The molecule has 0 saturated carbocycles. The van der Waals surface area contributed by atoms with E-state index in [0.29, 0.717) is 12.1 Å². The van der Waals surface area contributed by atoms with Crippen LogP contribution in [0.3, 0.4) is 0 Å². The van der Waals surface area contributed by atoms with Crippen molar-refractivity contribution in [3.05, 3.63) is 107 Å². The molecule has 0 N–H and O–H groups in total. The number of nitriles is 1. The standard InChI is InChI=1S/C24H18FN3O/c25-22-11-9-18(10-12-22)15-28-16-21(23-7-3-4-8-24(23)28)14-27-29-17-20-6-2-1-5-19(20)13-26/h1-12,14,16H,15,17H2/b27-14-. The Morgan fingerprint density at radius 3 is 2.59 bits per heavy atom. The predicted molar refractivity (Wildman–Crippen MR) is 111 cm³/mol. The number of para-hydroxylation sites is 1. The Labute approximate surface area is 168 Å². The van der Waals surface area contributed by atoms with Gasteiger partial charge in [-0.2, -0.15) is 5.26 Å². The monoisotopic (exact) mass is 383 g/mol. The van der Waals surface area contributed by atoms with E-state index in [1.165, 1.54) is 12.1 Å². The molecule has 0 aliphatic carbocycles. The predicted octanol–water partition coefficient (Wildman–Crippen LogP) is 5.25. The van der Waals surface area contributed by atoms with Gasteiger partial charge in [-0.1, -0.05) is 53.7 Å². The molecule has 0 saturated heterocycles. The molecule has 0 spiro atoms. The van der Waals surface area contributed by atoms with Crippen LogP contribution in [0.15, 0.2) is 84.1 Å². The minimum Gasteiger partial charge on any atom is -0.391 e. The molecule has 1 aromatic heterocycles. The highest BCUT2D eigenvalue weighted by molar-refractivity contribution is 5.99. The largest absolute Gasteiger partial charge is 0.391 e. The van der Waals surface area contributed by atoms with Crippen molar-refractivity contribution in [3.8, 4) is 6.07 Å². The smallest absolute Gasteiger partial charge is 0.143 e. The molecule has 1 heterocycles. The van der Waals surface area contributed by atoms with E-state index >= 15 is 0 Å². The van der Waals surface area contributed by atoms with Crippen LogP contribution < -0.4 is 0 Å². The molecule has 0 bridgehead atoms. The van der Waals surface area contributed by atoms with Gasteiger partial charge >= 0.3 is 0 Å². The molecule has 0 atom stereocenters. The average Bonchev–Trinajstić information content (AvgIpc) is 3.10. The van der Waals surface area contributed by atoms with Crippen LogP contribution >= 0.6 is 0 Å². The van der Waals surface area contributed by atoms with Crippen LogP contribution in [-0.4, -0.2) is 10.8 Å². The first-order valence-electron chi connectivity index (χ1n) is 9.20. The summed E-state index contributed by atoms with van der Waals surface area (Å²) in [7, 11) is 0. The van der Waals surface area contributed by atoms with Crippen molar-refractivity contribution >= 4 is 17.1 Å². The molecule has 4 nitrogen and oxygen atoms in total. The lowest BCUT2D eigenvalue weighted by atomic mass is 10.1. The molecule has 4 rings (SSSR count). The fraction of sp³-hybridized carbons (Fsp3) is 0.0833. The molecule has 0 amide bonds. The summed E-state index contributed by atoms with van der Waals surface area (Å²) in [6.07, 6.45) is 3.68. The SMILES string of the molecule is N#Cc1ccccc1CO/N=C\c1cn(Cc2ccc(F)cc2)c2ccccc12. The zero-order valence-electron chi connectivity index (χ0n) is 15.6. The fourth-order valence-corrected chi connectivity index (χ4v) is 3.25. The Bertz CT molecular complexity index is 1200. The summed E-state index contributed by atoms with van der Waals surface area (Å²) in [6.45, 7) is 0.861. The molecule has 5 heteroatoms. The van der Waals surface area contributed by atoms with Gasteiger partial charge in [0.1, 0.15) is 12.4 Å². The highest BCUT2D eigenvalue weighted by Crippen LogP contribution is 2.21. The van der Waals surface area contributed by atoms with Gasteiger partial charge in [0.05, 0.1) is 17.8 Å². The summed E-state index contributed by atoms with van der Waals surface area (Å²) in [5.74, 6) is -0.242. The third kappa shape index (κ3) is 4.17. The van der Waals surface area contributed by atoms with E-state index in [2.05, 4.69) is 15.8 Å². The number of benzene rings is 3. The zero-order chi connectivity index (χ0) is 20.1. The van der Waals surface area contributed by atoms with E-state index in [9.17, 15) is 4.39 Å². The Hall–Kier alpha value is -3.91. The molecule has 0 aliphatic heterocycles. The van der Waals surface area contributed by atoms with Crippen molar-refractivity contribution in [2.24, 2.45) is 5.16 Å². The number of nitrogens with zero attached hydrogens (tertiary/aromatic N) is 3. The molecule has 0 aliphatic rings. The van der Waals surface area contributed by atoms with E-state index in [4.69, 9.17) is 10.1 Å². The van der Waals surface area contributed by atoms with Crippen LogP contribution in [0.4, 0.5) is 4.39 Å². The average molecular weight is 383 g/mol. The Morgan fingerprint density at radius 1 is 1.00 bits per heavy atom. The van der Waals surface area contributed by atoms with Crippen LogP contribution in [0.25, 0.3) is 10.9 Å². The molecule has 0 unspecified atom stereocenters. The Morgan fingerprint density at radius 2 is 1.76 bits per heavy atom. The minimum absolute atomic E-state index is 0.231. The maximum Gasteiger partial charge on any atom is 0.143 e. The number of hydrogen-bond donors (Lipinski definition) is 0. The molecular weight excluding hydrogens is 365 g/mol. The van der Waals surface area contributed by atoms with Gasteiger partial charge in [0.15, 0.2) is 0 Å². The highest BCUT2D eigenvalue weighted by Gasteiger charge is 2.07. The molecule has 3 aromatic carbocycles. The molecule has 142 valence electrons. The van der Waals surface area contributed by atoms with E-state index in [0.717, 1.165) is 27.6 Å². The zero-order valence-corrected chi connectivity index (χ0v) is 15.6. The first kappa shape index (κ1) is 18.5. The summed E-state index contributed by atoms with van der Waals surface area (Å²) >= 11 is 0. The third-order valence-electron chi connectivity index (χ3n) is 4.71. The molecule has 4 aromatic rings. The molecule has 0 fully saturated rings.